The van der Waals surface area contributed by atoms with Gasteiger partial charge in [0.25, 0.3) is 0 Å². The number of sulfone groups is 1. The molecule has 0 aliphatic carbocycles. The number of thioether (sulfide) groups is 1. The summed E-state index contributed by atoms with van der Waals surface area (Å²) in [6, 6.07) is 10.6. The van der Waals surface area contributed by atoms with Crippen LogP contribution in [0.15, 0.2) is 69.6 Å². The lowest BCUT2D eigenvalue weighted by molar-refractivity contribution is -0.275. The number of rotatable bonds is 8. The van der Waals surface area contributed by atoms with E-state index in [4.69, 9.17) is 23.2 Å². The van der Waals surface area contributed by atoms with E-state index in [9.17, 15) is 34.8 Å². The van der Waals surface area contributed by atoms with E-state index >= 15 is 0 Å². The molecule has 0 fully saturated rings. The zero-order valence-electron chi connectivity index (χ0n) is 19.4. The van der Waals surface area contributed by atoms with E-state index in [0.717, 1.165) is 33.4 Å². The summed E-state index contributed by atoms with van der Waals surface area (Å²) < 4.78 is 106. The molecule has 0 unspecified atom stereocenters. The van der Waals surface area contributed by atoms with E-state index in [0.29, 0.717) is 10.1 Å². The topological polar surface area (TPSA) is 78.4 Å². The number of alkyl halides is 6. The molecule has 40 heavy (non-hydrogen) atoms. The highest BCUT2D eigenvalue weighted by Gasteiger charge is 2.32. The first-order valence-electron chi connectivity index (χ1n) is 10.4. The molecule has 0 N–H and O–H groups in total. The minimum Gasteiger partial charge on any atom is -0.406 e. The van der Waals surface area contributed by atoms with Gasteiger partial charge in [-0.3, -0.25) is 0 Å². The highest BCUT2D eigenvalue weighted by atomic mass is 35.5. The van der Waals surface area contributed by atoms with Crippen LogP contribution in [0.4, 0.5) is 26.3 Å². The van der Waals surface area contributed by atoms with Crippen LogP contribution in [-0.2, 0) is 21.3 Å². The molecule has 0 aliphatic rings. The van der Waals surface area contributed by atoms with Crippen molar-refractivity contribution in [2.24, 2.45) is 0 Å². The third kappa shape index (κ3) is 11.3. The van der Waals surface area contributed by atoms with Crippen LogP contribution in [0.1, 0.15) is 11.1 Å². The molecule has 2 heterocycles. The molecule has 216 valence electrons. The quantitative estimate of drug-likeness (QED) is 0.136. The standard InChI is InChI=1S/C11H7ClF3NO3S2.C11H7ClF3NOS2/c12-9-5-16-10(20-9)21(17,18)6-7-2-1-3-8(4-7)19-11(13,14)15;12-9-5-16-10(19-9)18-6-7-2-1-3-8(4-7)17-11(13,14)15/h1-5H,6H2;1-5H,6H2. The van der Waals surface area contributed by atoms with Crippen LogP contribution in [0.25, 0.3) is 0 Å². The molecule has 18 heteroatoms. The van der Waals surface area contributed by atoms with Gasteiger partial charge in [-0.1, -0.05) is 81.9 Å². The third-order valence-corrected chi connectivity index (χ3v) is 9.78. The molecule has 4 aromatic rings. The first kappa shape index (κ1) is 32.3. The minimum absolute atomic E-state index is 0.156. The van der Waals surface area contributed by atoms with Crippen molar-refractivity contribution in [3.63, 3.8) is 0 Å². The zero-order chi connectivity index (χ0) is 29.6. The molecule has 0 amide bonds. The number of halogens is 8. The van der Waals surface area contributed by atoms with E-state index < -0.39 is 34.1 Å². The summed E-state index contributed by atoms with van der Waals surface area (Å²) in [6.07, 6.45) is -6.77. The van der Waals surface area contributed by atoms with Crippen molar-refractivity contribution in [3.05, 3.63) is 80.7 Å². The molecule has 4 rings (SSSR count). The Bertz CT molecular complexity index is 1530. The van der Waals surface area contributed by atoms with Gasteiger partial charge in [-0.15, -0.1) is 26.3 Å². The van der Waals surface area contributed by atoms with E-state index in [1.54, 1.807) is 6.07 Å². The maximum absolute atomic E-state index is 12.1. The molecule has 0 atom stereocenters. The Kier molecular flexibility index (Phi) is 11.0. The van der Waals surface area contributed by atoms with Gasteiger partial charge in [0.15, 0.2) is 4.34 Å². The normalized spacial score (nSPS) is 12.0. The SMILES string of the molecule is FC(F)(F)Oc1cccc(CSc2ncc(Cl)s2)c1.O=S(=O)(Cc1cccc(OC(F)(F)F)c1)c1ncc(Cl)s1. The maximum Gasteiger partial charge on any atom is 0.573 e. The van der Waals surface area contributed by atoms with Gasteiger partial charge in [0.05, 0.1) is 18.1 Å². The molecule has 0 saturated heterocycles. The monoisotopic (exact) mass is 682 g/mol. The van der Waals surface area contributed by atoms with E-state index in [1.165, 1.54) is 65.8 Å². The molecule has 0 aliphatic heterocycles. The van der Waals surface area contributed by atoms with E-state index in [2.05, 4.69) is 19.4 Å². The lowest BCUT2D eigenvalue weighted by atomic mass is 10.2. The number of benzene rings is 2. The number of hydrogen-bond donors (Lipinski definition) is 0. The molecule has 2 aromatic carbocycles. The van der Waals surface area contributed by atoms with Gasteiger partial charge in [0, 0.05) is 5.75 Å². The van der Waals surface area contributed by atoms with Crippen molar-refractivity contribution < 1.29 is 44.2 Å². The van der Waals surface area contributed by atoms with Crippen LogP contribution in [0.2, 0.25) is 8.67 Å². The van der Waals surface area contributed by atoms with Crippen molar-refractivity contribution in [1.82, 2.24) is 9.97 Å². The number of thiazole rings is 2. The number of ether oxygens (including phenoxy) is 2. The van der Waals surface area contributed by atoms with Crippen molar-refractivity contribution in [2.75, 3.05) is 0 Å². The first-order chi connectivity index (χ1) is 18.6. The lowest BCUT2D eigenvalue weighted by Crippen LogP contribution is -2.17. The van der Waals surface area contributed by atoms with Crippen LogP contribution >= 0.6 is 57.6 Å². The van der Waals surface area contributed by atoms with Gasteiger partial charge in [-0.05, 0) is 35.4 Å². The second kappa shape index (κ2) is 13.6. The maximum atomic E-state index is 12.1. The highest BCUT2D eigenvalue weighted by molar-refractivity contribution is 8.00. The summed E-state index contributed by atoms with van der Waals surface area (Å²) in [6.45, 7) is 0. The third-order valence-electron chi connectivity index (χ3n) is 4.16. The summed E-state index contributed by atoms with van der Waals surface area (Å²) in [4.78, 5) is 7.70. The highest BCUT2D eigenvalue weighted by Crippen LogP contribution is 2.31. The average molecular weight is 684 g/mol. The Morgan fingerprint density at radius 2 is 1.32 bits per heavy atom. The van der Waals surface area contributed by atoms with Gasteiger partial charge >= 0.3 is 12.7 Å². The van der Waals surface area contributed by atoms with Gasteiger partial charge in [0.1, 0.15) is 20.2 Å². The smallest absolute Gasteiger partial charge is 0.406 e. The van der Waals surface area contributed by atoms with Gasteiger partial charge in [-0.2, -0.15) is 0 Å². The van der Waals surface area contributed by atoms with E-state index in [-0.39, 0.29) is 20.0 Å². The lowest BCUT2D eigenvalue weighted by Gasteiger charge is -2.09. The summed E-state index contributed by atoms with van der Waals surface area (Å²) in [5.74, 6) is -0.694. The molecule has 0 bridgehead atoms. The zero-order valence-corrected chi connectivity index (χ0v) is 24.1. The minimum atomic E-state index is -4.83. The molecule has 0 radical (unpaired) electrons. The van der Waals surface area contributed by atoms with Crippen LogP contribution in [0.5, 0.6) is 11.5 Å². The van der Waals surface area contributed by atoms with Gasteiger partial charge < -0.3 is 9.47 Å². The number of aromatic nitrogens is 2. The number of nitrogens with zero attached hydrogens (tertiary/aromatic N) is 2. The Labute approximate surface area is 245 Å². The van der Waals surface area contributed by atoms with Crippen molar-refractivity contribution in [2.45, 2.75) is 32.9 Å². The van der Waals surface area contributed by atoms with Crippen LogP contribution < -0.4 is 9.47 Å². The van der Waals surface area contributed by atoms with Gasteiger partial charge in [0.2, 0.25) is 14.2 Å². The predicted octanol–water partition coefficient (Wildman–Crippen LogP) is 8.66. The molecule has 6 nitrogen and oxygen atoms in total. The van der Waals surface area contributed by atoms with Gasteiger partial charge in [-0.25, -0.2) is 18.4 Å². The molecule has 0 spiro atoms. The van der Waals surface area contributed by atoms with Crippen molar-refractivity contribution >= 4 is 67.5 Å². The second-order valence-electron chi connectivity index (χ2n) is 7.30. The molecular formula is C22H14Cl2F6N2O4S4. The largest absolute Gasteiger partial charge is 0.573 e. The van der Waals surface area contributed by atoms with Crippen LogP contribution in [0, 0.1) is 0 Å². The number of hydrogen-bond acceptors (Lipinski definition) is 9. The molecule has 0 saturated carbocycles. The second-order valence-corrected chi connectivity index (χ2v) is 14.0. The van der Waals surface area contributed by atoms with Crippen LogP contribution in [-0.4, -0.2) is 31.1 Å². The summed E-state index contributed by atoms with van der Waals surface area (Å²) in [7, 11) is -3.77. The summed E-state index contributed by atoms with van der Waals surface area (Å²) in [5, 5.41) is 0. The van der Waals surface area contributed by atoms with Crippen LogP contribution in [0.3, 0.4) is 0 Å². The molecular weight excluding hydrogens is 669 g/mol. The molecule has 2 aromatic heterocycles. The first-order valence-corrected chi connectivity index (χ1v) is 15.4. The Morgan fingerprint density at radius 3 is 1.82 bits per heavy atom. The van der Waals surface area contributed by atoms with Crippen molar-refractivity contribution in [1.29, 1.82) is 0 Å². The summed E-state index contributed by atoms with van der Waals surface area (Å²) >= 11 is 14.9. The fourth-order valence-electron chi connectivity index (χ4n) is 2.78. The van der Waals surface area contributed by atoms with E-state index in [1.807, 2.05) is 0 Å². The Morgan fingerprint density at radius 1 is 0.800 bits per heavy atom. The summed E-state index contributed by atoms with van der Waals surface area (Å²) in [5.41, 5.74) is 0.876. The Hall–Kier alpha value is -2.24. The average Bonchev–Trinajstić information content (AvgIpc) is 3.44. The fraction of sp³-hybridized carbons (Fsp3) is 0.182. The Balaban J connectivity index is 0.000000222. The van der Waals surface area contributed by atoms with Crippen molar-refractivity contribution in [3.8, 4) is 11.5 Å². The fourth-order valence-corrected chi connectivity index (χ4v) is 7.53. The predicted molar refractivity (Wildman–Crippen MR) is 141 cm³/mol.